The highest BCUT2D eigenvalue weighted by atomic mass is 127. The normalized spacial score (nSPS) is 17.1. The van der Waals surface area contributed by atoms with Crippen molar-refractivity contribution in [1.29, 1.82) is 0 Å². The number of halogens is 1. The van der Waals surface area contributed by atoms with Gasteiger partial charge in [-0.15, -0.1) is 24.0 Å². The zero-order chi connectivity index (χ0) is 19.9. The first-order valence-electron chi connectivity index (χ1n) is 9.86. The smallest absolute Gasteiger partial charge is 0.222 e. The highest BCUT2D eigenvalue weighted by molar-refractivity contribution is 14.0. The summed E-state index contributed by atoms with van der Waals surface area (Å²) in [5, 5.41) is 6.82. The number of aliphatic imine (C=N–C) groups is 1. The van der Waals surface area contributed by atoms with E-state index in [0.29, 0.717) is 13.0 Å². The van der Waals surface area contributed by atoms with Crippen molar-refractivity contribution >= 4 is 35.8 Å². The van der Waals surface area contributed by atoms with Crippen LogP contribution in [-0.2, 0) is 10.2 Å². The van der Waals surface area contributed by atoms with Crippen molar-refractivity contribution in [1.82, 2.24) is 15.5 Å². The number of nitrogens with zero attached hydrogens (tertiary/aromatic N) is 2. The van der Waals surface area contributed by atoms with Crippen LogP contribution >= 0.6 is 24.0 Å². The molecule has 1 aliphatic rings. The molecule has 1 heterocycles. The highest BCUT2D eigenvalue weighted by Crippen LogP contribution is 2.25. The van der Waals surface area contributed by atoms with E-state index in [0.717, 1.165) is 37.8 Å². The molecule has 1 aromatic rings. The molecule has 2 N–H and O–H groups in total. The molecule has 1 aromatic carbocycles. The topological polar surface area (TPSA) is 66.0 Å². The minimum atomic E-state index is -0.0888. The second-order valence-corrected chi connectivity index (χ2v) is 7.63. The maximum atomic E-state index is 11.9. The molecule has 1 fully saturated rings. The molecule has 1 atom stereocenters. The average molecular weight is 502 g/mol. The molecule has 0 aliphatic carbocycles. The number of likely N-dealkylation sites (tertiary alicyclic amines) is 1. The van der Waals surface area contributed by atoms with Crippen molar-refractivity contribution in [3.05, 3.63) is 29.8 Å². The van der Waals surface area contributed by atoms with Crippen molar-refractivity contribution < 1.29 is 9.53 Å². The third-order valence-corrected chi connectivity index (χ3v) is 5.03. The van der Waals surface area contributed by atoms with Gasteiger partial charge in [0.1, 0.15) is 5.75 Å². The Morgan fingerprint density at radius 3 is 2.54 bits per heavy atom. The number of amides is 1. The molecule has 1 aliphatic heterocycles. The summed E-state index contributed by atoms with van der Waals surface area (Å²) >= 11 is 0. The lowest BCUT2D eigenvalue weighted by molar-refractivity contribution is -0.129. The minimum absolute atomic E-state index is 0. The maximum absolute atomic E-state index is 11.9. The molecule has 28 heavy (non-hydrogen) atoms. The van der Waals surface area contributed by atoms with E-state index in [2.05, 4.69) is 43.5 Å². The monoisotopic (exact) mass is 502 g/mol. The van der Waals surface area contributed by atoms with Crippen LogP contribution in [0.3, 0.4) is 0 Å². The van der Waals surface area contributed by atoms with Crippen LogP contribution in [0.1, 0.15) is 46.1 Å². The Morgan fingerprint density at radius 2 is 1.96 bits per heavy atom. The summed E-state index contributed by atoms with van der Waals surface area (Å²) in [7, 11) is 1.68. The van der Waals surface area contributed by atoms with Crippen LogP contribution in [0, 0.1) is 0 Å². The lowest BCUT2D eigenvalue weighted by Gasteiger charge is -2.25. The Bertz CT molecular complexity index is 646. The minimum Gasteiger partial charge on any atom is -0.497 e. The van der Waals surface area contributed by atoms with Crippen LogP contribution in [0.2, 0.25) is 0 Å². The Labute approximate surface area is 186 Å². The molecule has 1 saturated heterocycles. The van der Waals surface area contributed by atoms with E-state index in [-0.39, 0.29) is 41.3 Å². The number of ether oxygens (including phenoxy) is 1. The van der Waals surface area contributed by atoms with E-state index >= 15 is 0 Å². The van der Waals surface area contributed by atoms with Crippen LogP contribution in [0.4, 0.5) is 0 Å². The molecular formula is C21H35IN4O2. The fraction of sp³-hybridized carbons (Fsp3) is 0.619. The lowest BCUT2D eigenvalue weighted by atomic mass is 9.85. The van der Waals surface area contributed by atoms with E-state index in [1.165, 1.54) is 5.56 Å². The van der Waals surface area contributed by atoms with Gasteiger partial charge >= 0.3 is 0 Å². The number of hydrogen-bond acceptors (Lipinski definition) is 3. The molecule has 1 amide bonds. The number of guanidine groups is 1. The van der Waals surface area contributed by atoms with Crippen LogP contribution in [0.25, 0.3) is 0 Å². The van der Waals surface area contributed by atoms with Gasteiger partial charge in [-0.3, -0.25) is 9.79 Å². The number of carbonyl (C=O) groups excluding carboxylic acids is 1. The van der Waals surface area contributed by atoms with E-state index < -0.39 is 0 Å². The molecular weight excluding hydrogens is 467 g/mol. The quantitative estimate of drug-likeness (QED) is 0.342. The first-order chi connectivity index (χ1) is 12.9. The summed E-state index contributed by atoms with van der Waals surface area (Å²) in [4.78, 5) is 18.6. The fourth-order valence-electron chi connectivity index (χ4n) is 3.25. The number of methoxy groups -OCH3 is 1. The molecule has 2 rings (SSSR count). The standard InChI is InChI=1S/C21H34N4O2.HI/c1-6-19(26)25-13-12-17(14-25)24-20(22-7-2)23-15-21(3,4)16-8-10-18(27-5)11-9-16;/h8-11,17H,6-7,12-15H2,1-5H3,(H2,22,23,24);1H. The van der Waals surface area contributed by atoms with Crippen molar-refractivity contribution in [3.63, 3.8) is 0 Å². The Hall–Kier alpha value is -1.51. The third kappa shape index (κ3) is 6.83. The Kier molecular flexibility index (Phi) is 10.1. The predicted octanol–water partition coefficient (Wildman–Crippen LogP) is 3.16. The number of carbonyl (C=O) groups is 1. The van der Waals surface area contributed by atoms with Gasteiger partial charge in [-0.05, 0) is 31.0 Å². The summed E-state index contributed by atoms with van der Waals surface area (Å²) < 4.78 is 5.24. The van der Waals surface area contributed by atoms with Crippen LogP contribution in [0.15, 0.2) is 29.3 Å². The largest absolute Gasteiger partial charge is 0.497 e. The van der Waals surface area contributed by atoms with Crippen LogP contribution < -0.4 is 15.4 Å². The van der Waals surface area contributed by atoms with Crippen molar-refractivity contribution in [2.24, 2.45) is 4.99 Å². The highest BCUT2D eigenvalue weighted by Gasteiger charge is 2.26. The second-order valence-electron chi connectivity index (χ2n) is 7.63. The van der Waals surface area contributed by atoms with Gasteiger partial charge in [0.2, 0.25) is 5.91 Å². The van der Waals surface area contributed by atoms with Gasteiger partial charge in [0.15, 0.2) is 5.96 Å². The van der Waals surface area contributed by atoms with E-state index in [1.807, 2.05) is 24.0 Å². The molecule has 6 nitrogen and oxygen atoms in total. The molecule has 0 radical (unpaired) electrons. The maximum Gasteiger partial charge on any atom is 0.222 e. The zero-order valence-electron chi connectivity index (χ0n) is 17.7. The van der Waals surface area contributed by atoms with Gasteiger partial charge in [0.05, 0.1) is 13.7 Å². The average Bonchev–Trinajstić information content (AvgIpc) is 3.14. The summed E-state index contributed by atoms with van der Waals surface area (Å²) in [6.45, 7) is 11.4. The second kappa shape index (κ2) is 11.5. The number of nitrogens with one attached hydrogen (secondary N) is 2. The summed E-state index contributed by atoms with van der Waals surface area (Å²) in [5.74, 6) is 1.90. The van der Waals surface area contributed by atoms with Crippen molar-refractivity contribution in [2.75, 3.05) is 33.3 Å². The Morgan fingerprint density at radius 1 is 1.29 bits per heavy atom. The van der Waals surface area contributed by atoms with Gasteiger partial charge < -0.3 is 20.3 Å². The predicted molar refractivity (Wildman–Crippen MR) is 126 cm³/mol. The van der Waals surface area contributed by atoms with Gasteiger partial charge in [-0.2, -0.15) is 0 Å². The molecule has 0 spiro atoms. The zero-order valence-corrected chi connectivity index (χ0v) is 20.1. The van der Waals surface area contributed by atoms with E-state index in [4.69, 9.17) is 9.73 Å². The van der Waals surface area contributed by atoms with Crippen molar-refractivity contribution in [2.45, 2.75) is 52.0 Å². The summed E-state index contributed by atoms with van der Waals surface area (Å²) in [5.41, 5.74) is 1.14. The lowest BCUT2D eigenvalue weighted by Crippen LogP contribution is -2.45. The molecule has 7 heteroatoms. The first kappa shape index (κ1) is 24.5. The van der Waals surface area contributed by atoms with Gasteiger partial charge in [-0.1, -0.05) is 32.9 Å². The molecule has 0 bridgehead atoms. The van der Waals surface area contributed by atoms with Gasteiger partial charge in [0.25, 0.3) is 0 Å². The molecule has 0 saturated carbocycles. The summed E-state index contributed by atoms with van der Waals surface area (Å²) in [6.07, 6.45) is 1.52. The van der Waals surface area contributed by atoms with E-state index in [1.54, 1.807) is 7.11 Å². The SMILES string of the molecule is CCNC(=NCC(C)(C)c1ccc(OC)cc1)NC1CCN(C(=O)CC)C1.I. The van der Waals surface area contributed by atoms with Gasteiger partial charge in [-0.25, -0.2) is 0 Å². The van der Waals surface area contributed by atoms with E-state index in [9.17, 15) is 4.79 Å². The number of hydrogen-bond donors (Lipinski definition) is 2. The molecule has 158 valence electrons. The third-order valence-electron chi connectivity index (χ3n) is 5.03. The summed E-state index contributed by atoms with van der Waals surface area (Å²) in [6, 6.07) is 8.42. The fourth-order valence-corrected chi connectivity index (χ4v) is 3.25. The van der Waals surface area contributed by atoms with Crippen LogP contribution in [-0.4, -0.2) is 56.1 Å². The van der Waals surface area contributed by atoms with Gasteiger partial charge in [0, 0.05) is 37.5 Å². The number of benzene rings is 1. The van der Waals surface area contributed by atoms with Crippen LogP contribution in [0.5, 0.6) is 5.75 Å². The van der Waals surface area contributed by atoms with Crippen molar-refractivity contribution in [3.8, 4) is 5.75 Å². The molecule has 0 aromatic heterocycles. The number of rotatable bonds is 7. The molecule has 1 unspecified atom stereocenters. The Balaban J connectivity index is 0.00000392. The first-order valence-corrected chi connectivity index (χ1v) is 9.86.